The molecule has 2 aliphatic rings. The van der Waals surface area contributed by atoms with Gasteiger partial charge in [0.15, 0.2) is 9.84 Å². The third-order valence-electron chi connectivity index (χ3n) is 5.74. The molecule has 0 heterocycles. The van der Waals surface area contributed by atoms with E-state index in [0.717, 1.165) is 31.9 Å². The molecular weight excluding hydrogens is 374 g/mol. The van der Waals surface area contributed by atoms with Crippen molar-refractivity contribution in [2.24, 2.45) is 17.8 Å². The summed E-state index contributed by atoms with van der Waals surface area (Å²) in [5.74, 6) is 0.895. The molecule has 0 aromatic heterocycles. The lowest BCUT2D eigenvalue weighted by atomic mass is 9.63. The molecular formula is C18H25NO5S2. The predicted molar refractivity (Wildman–Crippen MR) is 97.7 cm³/mol. The minimum absolute atomic E-state index is 0.0396. The van der Waals surface area contributed by atoms with Crippen LogP contribution in [0.2, 0.25) is 0 Å². The van der Waals surface area contributed by atoms with Crippen molar-refractivity contribution in [2.45, 2.75) is 54.7 Å². The Bertz CT molecular complexity index is 853. The summed E-state index contributed by atoms with van der Waals surface area (Å²) in [4.78, 5) is 12.3. The zero-order valence-corrected chi connectivity index (χ0v) is 16.5. The van der Waals surface area contributed by atoms with Crippen LogP contribution in [-0.4, -0.2) is 29.0 Å². The van der Waals surface area contributed by atoms with Crippen LogP contribution in [0.3, 0.4) is 0 Å². The molecule has 8 heteroatoms. The van der Waals surface area contributed by atoms with Crippen molar-refractivity contribution in [3.63, 3.8) is 0 Å². The Kier molecular flexibility index (Phi) is 5.44. The zero-order chi connectivity index (χ0) is 18.9. The van der Waals surface area contributed by atoms with Crippen LogP contribution in [0.25, 0.3) is 0 Å². The van der Waals surface area contributed by atoms with Gasteiger partial charge in [-0.2, -0.15) is 0 Å². The van der Waals surface area contributed by atoms with Crippen LogP contribution in [0.5, 0.6) is 0 Å². The van der Waals surface area contributed by atoms with Crippen LogP contribution < -0.4 is 4.72 Å². The summed E-state index contributed by atoms with van der Waals surface area (Å²) < 4.78 is 49.9. The van der Waals surface area contributed by atoms with Gasteiger partial charge in [0.05, 0.1) is 9.79 Å². The Balaban J connectivity index is 1.67. The van der Waals surface area contributed by atoms with Gasteiger partial charge in [-0.05, 0) is 42.0 Å². The van der Waals surface area contributed by atoms with Crippen molar-refractivity contribution in [3.8, 4) is 0 Å². The van der Waals surface area contributed by atoms with Crippen molar-refractivity contribution in [3.05, 3.63) is 24.3 Å². The highest BCUT2D eigenvalue weighted by Crippen LogP contribution is 2.45. The molecule has 0 spiro atoms. The quantitative estimate of drug-likeness (QED) is 0.760. The SMILES string of the molecule is CS(=O)(=O)c1ccc(S(=O)(=O)NC(=O)CC(C2CCC2)C2CCC2)cc1. The van der Waals surface area contributed by atoms with E-state index in [1.54, 1.807) is 0 Å². The van der Waals surface area contributed by atoms with Crippen LogP contribution in [0.15, 0.2) is 34.1 Å². The molecule has 1 aromatic carbocycles. The lowest BCUT2D eigenvalue weighted by molar-refractivity contribution is -0.122. The molecule has 1 N–H and O–H groups in total. The van der Waals surface area contributed by atoms with E-state index in [4.69, 9.17) is 0 Å². The van der Waals surface area contributed by atoms with E-state index in [-0.39, 0.29) is 22.1 Å². The molecule has 0 bridgehead atoms. The number of carbonyl (C=O) groups excluding carboxylic acids is 1. The monoisotopic (exact) mass is 399 g/mol. The first-order chi connectivity index (χ1) is 12.2. The van der Waals surface area contributed by atoms with Gasteiger partial charge in [-0.25, -0.2) is 21.6 Å². The average molecular weight is 400 g/mol. The van der Waals surface area contributed by atoms with E-state index in [2.05, 4.69) is 4.72 Å². The third kappa shape index (κ3) is 4.28. The molecule has 0 aliphatic heterocycles. The van der Waals surface area contributed by atoms with E-state index in [0.29, 0.717) is 11.8 Å². The molecule has 6 nitrogen and oxygen atoms in total. The van der Waals surface area contributed by atoms with Crippen LogP contribution in [0.1, 0.15) is 44.9 Å². The van der Waals surface area contributed by atoms with Crippen molar-refractivity contribution in [1.29, 1.82) is 0 Å². The van der Waals surface area contributed by atoms with Gasteiger partial charge in [0.2, 0.25) is 5.91 Å². The highest BCUT2D eigenvalue weighted by molar-refractivity contribution is 7.91. The van der Waals surface area contributed by atoms with Crippen LogP contribution in [0, 0.1) is 17.8 Å². The minimum atomic E-state index is -3.99. The number of benzene rings is 1. The Labute approximate surface area is 155 Å². The van der Waals surface area contributed by atoms with Crippen molar-refractivity contribution in [1.82, 2.24) is 4.72 Å². The lowest BCUT2D eigenvalue weighted by Crippen LogP contribution is -2.38. The number of nitrogens with one attached hydrogen (secondary N) is 1. The molecule has 2 saturated carbocycles. The topological polar surface area (TPSA) is 97.4 Å². The normalized spacial score (nSPS) is 19.0. The fourth-order valence-corrected chi connectivity index (χ4v) is 5.41. The van der Waals surface area contributed by atoms with E-state index >= 15 is 0 Å². The van der Waals surface area contributed by atoms with Crippen molar-refractivity contribution >= 4 is 25.8 Å². The number of rotatable bonds is 7. The number of hydrogen-bond acceptors (Lipinski definition) is 5. The molecule has 26 heavy (non-hydrogen) atoms. The van der Waals surface area contributed by atoms with Gasteiger partial charge in [-0.15, -0.1) is 0 Å². The average Bonchev–Trinajstić information content (AvgIpc) is 2.42. The lowest BCUT2D eigenvalue weighted by Gasteiger charge is -2.42. The van der Waals surface area contributed by atoms with Gasteiger partial charge < -0.3 is 0 Å². The zero-order valence-electron chi connectivity index (χ0n) is 14.8. The molecule has 1 aromatic rings. The van der Waals surface area contributed by atoms with Gasteiger partial charge in [0.1, 0.15) is 0 Å². The summed E-state index contributed by atoms with van der Waals surface area (Å²) in [5.41, 5.74) is 0. The largest absolute Gasteiger partial charge is 0.274 e. The van der Waals surface area contributed by atoms with E-state index in [1.165, 1.54) is 37.1 Å². The Morgan fingerprint density at radius 1 is 0.962 bits per heavy atom. The summed E-state index contributed by atoms with van der Waals surface area (Å²) in [6, 6.07) is 4.89. The van der Waals surface area contributed by atoms with Crippen LogP contribution in [-0.2, 0) is 24.7 Å². The number of sulfonamides is 1. The van der Waals surface area contributed by atoms with Gasteiger partial charge in [0.25, 0.3) is 10.0 Å². The highest BCUT2D eigenvalue weighted by atomic mass is 32.2. The second-order valence-electron chi connectivity index (χ2n) is 7.52. The fraction of sp³-hybridized carbons (Fsp3) is 0.611. The number of carbonyl (C=O) groups is 1. The number of amides is 1. The van der Waals surface area contributed by atoms with Gasteiger partial charge in [-0.1, -0.05) is 38.5 Å². The molecule has 1 amide bonds. The maximum absolute atomic E-state index is 12.4. The molecule has 2 fully saturated rings. The smallest absolute Gasteiger partial charge is 0.264 e. The predicted octanol–water partition coefficient (Wildman–Crippen LogP) is 2.50. The molecule has 0 radical (unpaired) electrons. The van der Waals surface area contributed by atoms with Crippen molar-refractivity contribution in [2.75, 3.05) is 6.26 Å². The van der Waals surface area contributed by atoms with Gasteiger partial charge in [-0.3, -0.25) is 4.79 Å². The first-order valence-corrected chi connectivity index (χ1v) is 12.4. The first kappa shape index (κ1) is 19.4. The third-order valence-corrected chi connectivity index (χ3v) is 8.26. The van der Waals surface area contributed by atoms with Gasteiger partial charge in [0, 0.05) is 12.7 Å². The Morgan fingerprint density at radius 3 is 1.81 bits per heavy atom. The summed E-state index contributed by atoms with van der Waals surface area (Å²) in [7, 11) is -7.39. The standard InChI is InChI=1S/C18H25NO5S2/c1-25(21,22)15-8-10-16(11-9-15)26(23,24)19-18(20)12-17(13-4-2-5-13)14-6-3-7-14/h8-11,13-14,17H,2-7,12H2,1H3,(H,19,20). The maximum atomic E-state index is 12.4. The Hall–Kier alpha value is -1.41. The van der Waals surface area contributed by atoms with E-state index in [1.807, 2.05) is 0 Å². The first-order valence-electron chi connectivity index (χ1n) is 9.02. The van der Waals surface area contributed by atoms with E-state index in [9.17, 15) is 21.6 Å². The fourth-order valence-electron chi connectivity index (χ4n) is 3.78. The molecule has 0 unspecified atom stereocenters. The Morgan fingerprint density at radius 2 is 1.42 bits per heavy atom. The van der Waals surface area contributed by atoms with Crippen molar-refractivity contribution < 1.29 is 21.6 Å². The number of hydrogen-bond donors (Lipinski definition) is 1. The van der Waals surface area contributed by atoms with E-state index < -0.39 is 25.8 Å². The summed E-state index contributed by atoms with van der Waals surface area (Å²) in [5, 5.41) is 0. The van der Waals surface area contributed by atoms with Crippen LogP contribution >= 0.6 is 0 Å². The summed E-state index contributed by atoms with van der Waals surface area (Å²) in [6.07, 6.45) is 8.22. The van der Waals surface area contributed by atoms with Gasteiger partial charge >= 0.3 is 0 Å². The minimum Gasteiger partial charge on any atom is -0.274 e. The molecule has 144 valence electrons. The van der Waals surface area contributed by atoms with Crippen LogP contribution in [0.4, 0.5) is 0 Å². The summed E-state index contributed by atoms with van der Waals surface area (Å²) in [6.45, 7) is 0. The number of sulfone groups is 1. The second-order valence-corrected chi connectivity index (χ2v) is 11.2. The molecule has 0 atom stereocenters. The second kappa shape index (κ2) is 7.31. The molecule has 3 rings (SSSR count). The molecule has 2 aliphatic carbocycles. The molecule has 0 saturated heterocycles. The summed E-state index contributed by atoms with van der Waals surface area (Å²) >= 11 is 0. The maximum Gasteiger partial charge on any atom is 0.264 e. The highest BCUT2D eigenvalue weighted by Gasteiger charge is 2.37.